The largest absolute Gasteiger partial charge is 0.496 e. The molecular weight excluding hydrogens is 231 g/mol. The Hall–Kier alpha value is -1.23. The van der Waals surface area contributed by atoms with Crippen LogP contribution in [0, 0.1) is 5.82 Å². The lowest BCUT2D eigenvalue weighted by Crippen LogP contribution is -2.38. The van der Waals surface area contributed by atoms with Crippen molar-refractivity contribution in [1.82, 2.24) is 5.32 Å². The summed E-state index contributed by atoms with van der Waals surface area (Å²) in [6.45, 7) is 0.567. The number of benzene rings is 1. The van der Waals surface area contributed by atoms with E-state index in [1.165, 1.54) is 13.2 Å². The van der Waals surface area contributed by atoms with Crippen molar-refractivity contribution in [3.05, 3.63) is 29.6 Å². The zero-order valence-corrected chi connectivity index (χ0v) is 9.47. The normalized spacial score (nSPS) is 20.6. The maximum Gasteiger partial charge on any atom is 0.291 e. The number of nitrogens with one attached hydrogen (secondary N) is 1. The van der Waals surface area contributed by atoms with E-state index in [9.17, 15) is 13.2 Å². The van der Waals surface area contributed by atoms with E-state index in [4.69, 9.17) is 4.74 Å². The second kappa shape index (κ2) is 4.56. The van der Waals surface area contributed by atoms with Crippen LogP contribution in [-0.2, 0) is 5.92 Å². The molecule has 17 heavy (non-hydrogen) atoms. The number of methoxy groups -OCH3 is 1. The standard InChI is InChI=1S/C12H14F3NO/c1-17-10-5-4-8(13)7-9(10)12(14,15)11-3-2-6-16-11/h4-5,7,11,16H,2-3,6H2,1H3. The van der Waals surface area contributed by atoms with E-state index in [1.54, 1.807) is 0 Å². The predicted molar refractivity (Wildman–Crippen MR) is 57.9 cm³/mol. The first-order valence-electron chi connectivity index (χ1n) is 5.51. The Bertz CT molecular complexity index is 403. The van der Waals surface area contributed by atoms with E-state index in [0.29, 0.717) is 19.4 Å². The lowest BCUT2D eigenvalue weighted by Gasteiger charge is -2.25. The Morgan fingerprint density at radius 3 is 2.76 bits per heavy atom. The van der Waals surface area contributed by atoms with Gasteiger partial charge in [-0.1, -0.05) is 0 Å². The first-order valence-corrected chi connectivity index (χ1v) is 5.51. The summed E-state index contributed by atoms with van der Waals surface area (Å²) in [5, 5.41) is 2.74. The predicted octanol–water partition coefficient (Wildman–Crippen LogP) is 2.68. The number of hydrogen-bond donors (Lipinski definition) is 1. The molecule has 0 amide bonds. The van der Waals surface area contributed by atoms with Gasteiger partial charge in [-0.2, -0.15) is 8.78 Å². The van der Waals surface area contributed by atoms with Crippen LogP contribution in [0.15, 0.2) is 18.2 Å². The van der Waals surface area contributed by atoms with Crippen LogP contribution in [0.25, 0.3) is 0 Å². The molecule has 0 aliphatic carbocycles. The number of halogens is 3. The minimum Gasteiger partial charge on any atom is -0.496 e. The topological polar surface area (TPSA) is 21.3 Å². The summed E-state index contributed by atoms with van der Waals surface area (Å²) in [4.78, 5) is 0. The maximum absolute atomic E-state index is 14.2. The zero-order valence-electron chi connectivity index (χ0n) is 9.47. The van der Waals surface area contributed by atoms with Crippen molar-refractivity contribution < 1.29 is 17.9 Å². The molecule has 1 N–H and O–H groups in total. The van der Waals surface area contributed by atoms with E-state index in [0.717, 1.165) is 12.1 Å². The SMILES string of the molecule is COc1ccc(F)cc1C(F)(F)C1CCCN1. The third-order valence-electron chi connectivity index (χ3n) is 3.02. The summed E-state index contributed by atoms with van der Waals surface area (Å²) in [6, 6.07) is 2.24. The van der Waals surface area contributed by atoms with Gasteiger partial charge in [-0.3, -0.25) is 0 Å². The van der Waals surface area contributed by atoms with Crippen LogP contribution in [0.4, 0.5) is 13.2 Å². The van der Waals surface area contributed by atoms with Crippen molar-refractivity contribution in [3.63, 3.8) is 0 Å². The molecule has 0 radical (unpaired) electrons. The zero-order chi connectivity index (χ0) is 12.5. The summed E-state index contributed by atoms with van der Waals surface area (Å²) < 4.78 is 46.3. The first kappa shape index (κ1) is 12.2. The van der Waals surface area contributed by atoms with Crippen LogP contribution in [-0.4, -0.2) is 19.7 Å². The van der Waals surface area contributed by atoms with Gasteiger partial charge in [-0.25, -0.2) is 4.39 Å². The van der Waals surface area contributed by atoms with Crippen molar-refractivity contribution in [2.75, 3.05) is 13.7 Å². The van der Waals surface area contributed by atoms with Crippen LogP contribution in [0.3, 0.4) is 0 Å². The molecule has 1 fully saturated rings. The van der Waals surface area contributed by atoms with Crippen LogP contribution in [0.5, 0.6) is 5.75 Å². The van der Waals surface area contributed by atoms with Crippen molar-refractivity contribution in [2.24, 2.45) is 0 Å². The van der Waals surface area contributed by atoms with Crippen LogP contribution < -0.4 is 10.1 Å². The molecule has 1 aliphatic rings. The second-order valence-corrected chi connectivity index (χ2v) is 4.12. The molecule has 2 rings (SSSR count). The number of ether oxygens (including phenoxy) is 1. The maximum atomic E-state index is 14.2. The molecule has 5 heteroatoms. The monoisotopic (exact) mass is 245 g/mol. The number of rotatable bonds is 3. The average Bonchev–Trinajstić information content (AvgIpc) is 2.83. The Labute approximate surface area is 97.8 Å². The molecule has 1 aromatic carbocycles. The van der Waals surface area contributed by atoms with Crippen LogP contribution in [0.1, 0.15) is 18.4 Å². The fraction of sp³-hybridized carbons (Fsp3) is 0.500. The van der Waals surface area contributed by atoms with E-state index in [1.807, 2.05) is 0 Å². The molecular formula is C12H14F3NO. The lowest BCUT2D eigenvalue weighted by molar-refractivity contribution is -0.0397. The molecule has 1 heterocycles. The van der Waals surface area contributed by atoms with Gasteiger partial charge < -0.3 is 10.1 Å². The van der Waals surface area contributed by atoms with E-state index in [-0.39, 0.29) is 11.3 Å². The van der Waals surface area contributed by atoms with Gasteiger partial charge >= 0.3 is 0 Å². The van der Waals surface area contributed by atoms with Gasteiger partial charge in [0.05, 0.1) is 18.7 Å². The minimum atomic E-state index is -3.12. The summed E-state index contributed by atoms with van der Waals surface area (Å²) in [5.41, 5.74) is -0.389. The minimum absolute atomic E-state index is 0.0186. The molecule has 1 unspecified atom stereocenters. The van der Waals surface area contributed by atoms with Gasteiger partial charge in [-0.15, -0.1) is 0 Å². The molecule has 0 saturated carbocycles. The summed E-state index contributed by atoms with van der Waals surface area (Å²) in [6.07, 6.45) is 1.09. The highest BCUT2D eigenvalue weighted by Crippen LogP contribution is 2.40. The highest BCUT2D eigenvalue weighted by atomic mass is 19.3. The molecule has 0 spiro atoms. The molecule has 2 nitrogen and oxygen atoms in total. The van der Waals surface area contributed by atoms with Gasteiger partial charge in [0.25, 0.3) is 5.92 Å². The molecule has 1 atom stereocenters. The third kappa shape index (κ3) is 2.24. The van der Waals surface area contributed by atoms with Gasteiger partial charge in [0, 0.05) is 0 Å². The average molecular weight is 245 g/mol. The van der Waals surface area contributed by atoms with Gasteiger partial charge in [0.15, 0.2) is 0 Å². The fourth-order valence-corrected chi connectivity index (χ4v) is 2.12. The van der Waals surface area contributed by atoms with Crippen LogP contribution >= 0.6 is 0 Å². The summed E-state index contributed by atoms with van der Waals surface area (Å²) in [5.74, 6) is -3.78. The van der Waals surface area contributed by atoms with Gasteiger partial charge in [-0.05, 0) is 37.6 Å². The van der Waals surface area contributed by atoms with E-state index in [2.05, 4.69) is 5.32 Å². The highest BCUT2D eigenvalue weighted by molar-refractivity contribution is 5.38. The van der Waals surface area contributed by atoms with Gasteiger partial charge in [0.1, 0.15) is 11.6 Å². The first-order chi connectivity index (χ1) is 8.05. The Balaban J connectivity index is 2.39. The Morgan fingerprint density at radius 2 is 2.18 bits per heavy atom. The fourth-order valence-electron chi connectivity index (χ4n) is 2.12. The molecule has 1 aliphatic heterocycles. The molecule has 0 aromatic heterocycles. The molecule has 0 bridgehead atoms. The van der Waals surface area contributed by atoms with E-state index >= 15 is 0 Å². The Morgan fingerprint density at radius 1 is 1.41 bits per heavy atom. The summed E-state index contributed by atoms with van der Waals surface area (Å²) in [7, 11) is 1.30. The number of alkyl halides is 2. The Kier molecular flexibility index (Phi) is 3.28. The van der Waals surface area contributed by atoms with Crippen molar-refractivity contribution in [1.29, 1.82) is 0 Å². The van der Waals surface area contributed by atoms with Crippen LogP contribution in [0.2, 0.25) is 0 Å². The smallest absolute Gasteiger partial charge is 0.291 e. The molecule has 1 saturated heterocycles. The number of hydrogen-bond acceptors (Lipinski definition) is 2. The summed E-state index contributed by atoms with van der Waals surface area (Å²) >= 11 is 0. The highest BCUT2D eigenvalue weighted by Gasteiger charge is 2.44. The second-order valence-electron chi connectivity index (χ2n) is 4.12. The molecule has 1 aromatic rings. The lowest BCUT2D eigenvalue weighted by atomic mass is 9.98. The quantitative estimate of drug-likeness (QED) is 0.884. The van der Waals surface area contributed by atoms with Crippen molar-refractivity contribution in [2.45, 2.75) is 24.8 Å². The molecule has 94 valence electrons. The third-order valence-corrected chi connectivity index (χ3v) is 3.02. The van der Waals surface area contributed by atoms with Crippen molar-refractivity contribution >= 4 is 0 Å². The van der Waals surface area contributed by atoms with Crippen molar-refractivity contribution in [3.8, 4) is 5.75 Å². The van der Waals surface area contributed by atoms with Gasteiger partial charge in [0.2, 0.25) is 0 Å². The van der Waals surface area contributed by atoms with E-state index < -0.39 is 17.8 Å².